The van der Waals surface area contributed by atoms with E-state index >= 15 is 0 Å². The number of benzene rings is 1. The number of nitrogens with one attached hydrogen (secondary N) is 2. The highest BCUT2D eigenvalue weighted by molar-refractivity contribution is 7.98. The molecule has 1 amide bonds. The topological polar surface area (TPSA) is 81.8 Å². The van der Waals surface area contributed by atoms with Gasteiger partial charge in [0, 0.05) is 30.5 Å². The van der Waals surface area contributed by atoms with Crippen molar-refractivity contribution in [3.05, 3.63) is 63.3 Å². The summed E-state index contributed by atoms with van der Waals surface area (Å²) in [6.07, 6.45) is 2.76. The molecule has 2 aliphatic heterocycles. The predicted octanol–water partition coefficient (Wildman–Crippen LogP) is 3.06. The molecule has 1 aromatic carbocycles. The maximum absolute atomic E-state index is 13.1. The molecular formula is C21H22N4O2S. The number of pyridine rings is 1. The number of thioether (sulfide) groups is 1. The van der Waals surface area contributed by atoms with Gasteiger partial charge >= 0.3 is 0 Å². The first-order valence-electron chi connectivity index (χ1n) is 9.76. The van der Waals surface area contributed by atoms with Gasteiger partial charge in [0.25, 0.3) is 11.5 Å². The zero-order valence-corrected chi connectivity index (χ0v) is 16.3. The minimum Gasteiger partial charge on any atom is -0.342 e. The Morgan fingerprint density at radius 1 is 1.25 bits per heavy atom. The minimum atomic E-state index is -0.262. The van der Waals surface area contributed by atoms with E-state index in [-0.39, 0.29) is 22.9 Å². The number of carbonyl (C=O) groups is 1. The third-order valence-corrected chi connectivity index (χ3v) is 6.71. The molecule has 144 valence electrons. The normalized spacial score (nSPS) is 19.6. The van der Waals surface area contributed by atoms with Gasteiger partial charge in [-0.05, 0) is 48.8 Å². The zero-order valence-electron chi connectivity index (χ0n) is 15.5. The average molecular weight is 395 g/mol. The van der Waals surface area contributed by atoms with Gasteiger partial charge in [0.2, 0.25) is 0 Å². The van der Waals surface area contributed by atoms with Gasteiger partial charge in [0.05, 0.1) is 11.0 Å². The lowest BCUT2D eigenvalue weighted by Gasteiger charge is -2.32. The third kappa shape index (κ3) is 3.13. The van der Waals surface area contributed by atoms with Gasteiger partial charge in [-0.2, -0.15) is 11.8 Å². The molecule has 2 aliphatic rings. The number of rotatable bonds is 2. The lowest BCUT2D eigenvalue weighted by atomic mass is 9.96. The second-order valence-electron chi connectivity index (χ2n) is 7.55. The molecule has 2 aromatic heterocycles. The molecular weight excluding hydrogens is 372 g/mol. The van der Waals surface area contributed by atoms with E-state index < -0.39 is 0 Å². The zero-order chi connectivity index (χ0) is 19.1. The molecule has 0 bridgehead atoms. The van der Waals surface area contributed by atoms with Crippen LogP contribution in [0.2, 0.25) is 0 Å². The summed E-state index contributed by atoms with van der Waals surface area (Å²) in [4.78, 5) is 38.5. The molecule has 7 heteroatoms. The lowest BCUT2D eigenvalue weighted by Crippen LogP contribution is -2.41. The Morgan fingerprint density at radius 3 is 3.04 bits per heavy atom. The van der Waals surface area contributed by atoms with Crippen LogP contribution in [0.25, 0.3) is 11.0 Å². The molecule has 1 unspecified atom stereocenters. The van der Waals surface area contributed by atoms with Crippen molar-refractivity contribution in [2.24, 2.45) is 0 Å². The second-order valence-corrected chi connectivity index (χ2v) is 8.65. The van der Waals surface area contributed by atoms with Crippen LogP contribution >= 0.6 is 11.8 Å². The van der Waals surface area contributed by atoms with Crippen LogP contribution in [0.15, 0.2) is 35.1 Å². The predicted molar refractivity (Wildman–Crippen MR) is 111 cm³/mol. The average Bonchev–Trinajstić information content (AvgIpc) is 3.17. The van der Waals surface area contributed by atoms with E-state index in [2.05, 4.69) is 9.97 Å². The van der Waals surface area contributed by atoms with E-state index in [9.17, 15) is 9.59 Å². The number of hydrogen-bond acceptors (Lipinski definition) is 4. The molecule has 28 heavy (non-hydrogen) atoms. The molecule has 3 aromatic rings. The molecule has 1 atom stereocenters. The van der Waals surface area contributed by atoms with Crippen LogP contribution < -0.4 is 5.56 Å². The molecule has 5 rings (SSSR count). The summed E-state index contributed by atoms with van der Waals surface area (Å²) in [6.45, 7) is 1.27. The largest absolute Gasteiger partial charge is 0.342 e. The maximum atomic E-state index is 13.1. The first kappa shape index (κ1) is 17.6. The summed E-state index contributed by atoms with van der Waals surface area (Å²) in [5.74, 6) is 2.79. The van der Waals surface area contributed by atoms with Crippen LogP contribution in [0.5, 0.6) is 0 Å². The Hall–Kier alpha value is -2.54. The number of H-pyrrole nitrogens is 2. The molecule has 2 N–H and O–H groups in total. The van der Waals surface area contributed by atoms with Gasteiger partial charge in [-0.3, -0.25) is 9.59 Å². The molecule has 1 saturated heterocycles. The highest BCUT2D eigenvalue weighted by Crippen LogP contribution is 2.28. The van der Waals surface area contributed by atoms with Gasteiger partial charge in [-0.25, -0.2) is 4.98 Å². The fourth-order valence-electron chi connectivity index (χ4n) is 4.20. The van der Waals surface area contributed by atoms with E-state index in [0.29, 0.717) is 13.1 Å². The number of aromatic amines is 2. The van der Waals surface area contributed by atoms with Crippen LogP contribution in [-0.4, -0.2) is 44.6 Å². The van der Waals surface area contributed by atoms with Crippen molar-refractivity contribution in [1.29, 1.82) is 0 Å². The van der Waals surface area contributed by atoms with E-state index in [1.54, 1.807) is 0 Å². The molecule has 0 aliphatic carbocycles. The van der Waals surface area contributed by atoms with Gasteiger partial charge in [-0.15, -0.1) is 0 Å². The number of fused-ring (bicyclic) bond motifs is 2. The summed E-state index contributed by atoms with van der Waals surface area (Å²) in [5, 5.41) is 0. The summed E-state index contributed by atoms with van der Waals surface area (Å²) < 4.78 is 0. The van der Waals surface area contributed by atoms with Gasteiger partial charge in [-0.1, -0.05) is 12.1 Å². The number of para-hydroxylation sites is 2. The number of nitrogens with zero attached hydrogens (tertiary/aromatic N) is 2. The van der Waals surface area contributed by atoms with Crippen molar-refractivity contribution >= 4 is 28.7 Å². The van der Waals surface area contributed by atoms with Crippen LogP contribution in [0, 0.1) is 0 Å². The monoisotopic (exact) mass is 394 g/mol. The van der Waals surface area contributed by atoms with Gasteiger partial charge < -0.3 is 14.9 Å². The molecule has 0 spiro atoms. The number of imidazole rings is 1. The molecule has 0 radical (unpaired) electrons. The fraction of sp³-hybridized carbons (Fsp3) is 0.381. The Labute approximate surface area is 166 Å². The number of likely N-dealkylation sites (tertiary alicyclic amines) is 1. The number of carbonyl (C=O) groups excluding carboxylic acids is 1. The Morgan fingerprint density at radius 2 is 2.14 bits per heavy atom. The maximum Gasteiger partial charge on any atom is 0.261 e. The Kier molecular flexibility index (Phi) is 4.47. The quantitative estimate of drug-likeness (QED) is 0.700. The number of aromatic nitrogens is 3. The summed E-state index contributed by atoms with van der Waals surface area (Å²) in [6, 6.07) is 9.79. The highest BCUT2D eigenvalue weighted by Gasteiger charge is 2.29. The van der Waals surface area contributed by atoms with E-state index in [0.717, 1.165) is 58.9 Å². The first-order valence-corrected chi connectivity index (χ1v) is 10.9. The summed E-state index contributed by atoms with van der Waals surface area (Å²) >= 11 is 1.84. The van der Waals surface area contributed by atoms with E-state index in [1.165, 1.54) is 0 Å². The minimum absolute atomic E-state index is 0.164. The molecule has 6 nitrogen and oxygen atoms in total. The van der Waals surface area contributed by atoms with Crippen molar-refractivity contribution in [3.8, 4) is 0 Å². The smallest absolute Gasteiger partial charge is 0.261 e. The lowest BCUT2D eigenvalue weighted by molar-refractivity contribution is 0.0703. The number of piperidine rings is 1. The van der Waals surface area contributed by atoms with Crippen LogP contribution in [-0.2, 0) is 12.2 Å². The van der Waals surface area contributed by atoms with Gasteiger partial charge in [0.1, 0.15) is 11.4 Å². The van der Waals surface area contributed by atoms with Gasteiger partial charge in [0.15, 0.2) is 0 Å². The van der Waals surface area contributed by atoms with Crippen LogP contribution in [0.4, 0.5) is 0 Å². The number of hydrogen-bond donors (Lipinski definition) is 2. The van der Waals surface area contributed by atoms with Crippen molar-refractivity contribution < 1.29 is 4.79 Å². The third-order valence-electron chi connectivity index (χ3n) is 5.70. The van der Waals surface area contributed by atoms with E-state index in [4.69, 9.17) is 4.98 Å². The van der Waals surface area contributed by atoms with Crippen molar-refractivity contribution in [3.63, 3.8) is 0 Å². The van der Waals surface area contributed by atoms with Crippen LogP contribution in [0.1, 0.15) is 46.2 Å². The Balaban J connectivity index is 1.40. The highest BCUT2D eigenvalue weighted by atomic mass is 32.2. The Bertz CT molecular complexity index is 1070. The molecule has 4 heterocycles. The summed E-state index contributed by atoms with van der Waals surface area (Å²) in [5.41, 5.74) is 4.05. The van der Waals surface area contributed by atoms with Crippen molar-refractivity contribution in [1.82, 2.24) is 19.9 Å². The van der Waals surface area contributed by atoms with Crippen molar-refractivity contribution in [2.45, 2.75) is 30.9 Å². The van der Waals surface area contributed by atoms with Crippen molar-refractivity contribution in [2.75, 3.05) is 18.8 Å². The summed E-state index contributed by atoms with van der Waals surface area (Å²) in [7, 11) is 0. The SMILES string of the molecule is O=C(c1cc2c([nH]c1=O)CCSC2)N1CCCC(c2nc3ccccc3[nH]2)C1. The molecule has 1 fully saturated rings. The first-order chi connectivity index (χ1) is 13.7. The second kappa shape index (κ2) is 7.13. The van der Waals surface area contributed by atoms with E-state index in [1.807, 2.05) is 47.0 Å². The fourth-order valence-corrected chi connectivity index (χ4v) is 5.17. The molecule has 0 saturated carbocycles. The number of aryl methyl sites for hydroxylation is 1. The van der Waals surface area contributed by atoms with Crippen LogP contribution in [0.3, 0.4) is 0 Å². The number of amides is 1. The standard InChI is InChI=1S/C21H22N4O2S/c26-20-15(10-14-12-28-9-7-16(14)24-20)21(27)25-8-3-4-13(11-25)19-22-17-5-1-2-6-18(17)23-19/h1-2,5-6,10,13H,3-4,7-9,11-12H2,(H,22,23)(H,24,26).